The normalized spacial score (nSPS) is 10.1. The SMILES string of the molecule is COc1ccc(C(=O)OCCOc2cccc(Br)c2)c(F)c1. The molecule has 0 atom stereocenters. The Hall–Kier alpha value is -2.08. The molecule has 0 amide bonds. The molecule has 0 aliphatic carbocycles. The summed E-state index contributed by atoms with van der Waals surface area (Å²) in [5, 5.41) is 0. The second-order valence-corrected chi connectivity index (χ2v) is 5.20. The molecule has 0 radical (unpaired) electrons. The molecule has 0 spiro atoms. The molecule has 4 nitrogen and oxygen atoms in total. The zero-order valence-electron chi connectivity index (χ0n) is 11.8. The smallest absolute Gasteiger partial charge is 0.341 e. The minimum Gasteiger partial charge on any atom is -0.497 e. The Balaban J connectivity index is 1.83. The largest absolute Gasteiger partial charge is 0.497 e. The van der Waals surface area contributed by atoms with Gasteiger partial charge in [-0.05, 0) is 30.3 Å². The van der Waals surface area contributed by atoms with E-state index in [2.05, 4.69) is 15.9 Å². The van der Waals surface area contributed by atoms with Gasteiger partial charge in [0.05, 0.1) is 12.7 Å². The van der Waals surface area contributed by atoms with Crippen molar-refractivity contribution in [3.05, 3.63) is 58.3 Å². The first-order valence-corrected chi connectivity index (χ1v) is 7.28. The topological polar surface area (TPSA) is 44.8 Å². The maximum absolute atomic E-state index is 13.7. The van der Waals surface area contributed by atoms with E-state index in [0.717, 1.165) is 10.5 Å². The van der Waals surface area contributed by atoms with Crippen molar-refractivity contribution in [1.82, 2.24) is 0 Å². The Morgan fingerprint density at radius 3 is 2.64 bits per heavy atom. The van der Waals surface area contributed by atoms with Gasteiger partial charge in [0.15, 0.2) is 0 Å². The molecule has 2 rings (SSSR count). The van der Waals surface area contributed by atoms with Crippen molar-refractivity contribution in [1.29, 1.82) is 0 Å². The average molecular weight is 369 g/mol. The zero-order chi connectivity index (χ0) is 15.9. The molecular weight excluding hydrogens is 355 g/mol. The van der Waals surface area contributed by atoms with E-state index in [9.17, 15) is 9.18 Å². The third-order valence-electron chi connectivity index (χ3n) is 2.78. The number of rotatable bonds is 6. The summed E-state index contributed by atoms with van der Waals surface area (Å²) in [5.41, 5.74) is -0.136. The lowest BCUT2D eigenvalue weighted by molar-refractivity contribution is 0.0445. The average Bonchev–Trinajstić information content (AvgIpc) is 2.51. The third kappa shape index (κ3) is 4.46. The minimum absolute atomic E-state index is 0.0246. The Bertz CT molecular complexity index is 660. The van der Waals surface area contributed by atoms with Crippen LogP contribution in [-0.4, -0.2) is 26.3 Å². The lowest BCUT2D eigenvalue weighted by Gasteiger charge is -2.08. The number of carbonyl (C=O) groups excluding carboxylic acids is 1. The van der Waals surface area contributed by atoms with Gasteiger partial charge in [0.1, 0.15) is 30.5 Å². The van der Waals surface area contributed by atoms with E-state index < -0.39 is 11.8 Å². The molecule has 6 heteroatoms. The molecule has 0 aliphatic heterocycles. The fourth-order valence-electron chi connectivity index (χ4n) is 1.72. The number of hydrogen-bond donors (Lipinski definition) is 0. The lowest BCUT2D eigenvalue weighted by Crippen LogP contribution is -2.13. The monoisotopic (exact) mass is 368 g/mol. The molecule has 0 saturated heterocycles. The molecule has 0 heterocycles. The number of esters is 1. The van der Waals surface area contributed by atoms with E-state index in [1.165, 1.54) is 19.2 Å². The van der Waals surface area contributed by atoms with Crippen molar-refractivity contribution >= 4 is 21.9 Å². The molecule has 0 N–H and O–H groups in total. The second kappa shape index (κ2) is 7.79. The van der Waals surface area contributed by atoms with Crippen LogP contribution in [0.5, 0.6) is 11.5 Å². The second-order valence-electron chi connectivity index (χ2n) is 4.29. The fraction of sp³-hybridized carbons (Fsp3) is 0.188. The molecule has 0 unspecified atom stereocenters. The highest BCUT2D eigenvalue weighted by molar-refractivity contribution is 9.10. The first-order chi connectivity index (χ1) is 10.6. The van der Waals surface area contributed by atoms with Gasteiger partial charge in [-0.2, -0.15) is 0 Å². The number of ether oxygens (including phenoxy) is 3. The number of methoxy groups -OCH3 is 1. The molecule has 2 aromatic carbocycles. The molecule has 22 heavy (non-hydrogen) atoms. The van der Waals surface area contributed by atoms with Crippen LogP contribution in [-0.2, 0) is 4.74 Å². The van der Waals surface area contributed by atoms with Gasteiger partial charge in [-0.3, -0.25) is 0 Å². The van der Waals surface area contributed by atoms with E-state index in [0.29, 0.717) is 11.5 Å². The van der Waals surface area contributed by atoms with Crippen molar-refractivity contribution in [2.75, 3.05) is 20.3 Å². The summed E-state index contributed by atoms with van der Waals surface area (Å²) in [5.74, 6) is -0.427. The van der Waals surface area contributed by atoms with Crippen LogP contribution in [0.2, 0.25) is 0 Å². The van der Waals surface area contributed by atoms with Crippen LogP contribution >= 0.6 is 15.9 Å². The van der Waals surface area contributed by atoms with Crippen LogP contribution in [0.15, 0.2) is 46.9 Å². The molecule has 0 saturated carbocycles. The van der Waals surface area contributed by atoms with Crippen LogP contribution < -0.4 is 9.47 Å². The van der Waals surface area contributed by atoms with E-state index in [1.54, 1.807) is 12.1 Å². The van der Waals surface area contributed by atoms with Gasteiger partial charge >= 0.3 is 5.97 Å². The Morgan fingerprint density at radius 1 is 1.14 bits per heavy atom. The highest BCUT2D eigenvalue weighted by atomic mass is 79.9. The summed E-state index contributed by atoms with van der Waals surface area (Å²) < 4.78 is 29.8. The van der Waals surface area contributed by atoms with Crippen molar-refractivity contribution in [3.63, 3.8) is 0 Å². The van der Waals surface area contributed by atoms with Gasteiger partial charge in [0.2, 0.25) is 0 Å². The Labute approximate surface area is 135 Å². The number of carbonyl (C=O) groups is 1. The highest BCUT2D eigenvalue weighted by Crippen LogP contribution is 2.18. The first-order valence-electron chi connectivity index (χ1n) is 6.49. The molecule has 0 bridgehead atoms. The molecule has 0 aromatic heterocycles. The summed E-state index contributed by atoms with van der Waals surface area (Å²) in [4.78, 5) is 11.8. The maximum Gasteiger partial charge on any atom is 0.341 e. The van der Waals surface area contributed by atoms with Crippen LogP contribution in [0.4, 0.5) is 4.39 Å². The number of halogens is 2. The van der Waals surface area contributed by atoms with Gasteiger partial charge < -0.3 is 14.2 Å². The summed E-state index contributed by atoms with van der Waals surface area (Å²) in [6.07, 6.45) is 0. The van der Waals surface area contributed by atoms with Crippen LogP contribution in [0.25, 0.3) is 0 Å². The van der Waals surface area contributed by atoms with E-state index >= 15 is 0 Å². The predicted molar refractivity (Wildman–Crippen MR) is 82.9 cm³/mol. The number of hydrogen-bond acceptors (Lipinski definition) is 4. The molecule has 116 valence electrons. The molecule has 0 aliphatic rings. The van der Waals surface area contributed by atoms with Crippen LogP contribution in [0, 0.1) is 5.82 Å². The predicted octanol–water partition coefficient (Wildman–Crippen LogP) is 3.83. The maximum atomic E-state index is 13.7. The van der Waals surface area contributed by atoms with Gasteiger partial charge in [-0.1, -0.05) is 22.0 Å². The van der Waals surface area contributed by atoms with Gasteiger partial charge in [0, 0.05) is 10.5 Å². The van der Waals surface area contributed by atoms with Gasteiger partial charge in [0.25, 0.3) is 0 Å². The van der Waals surface area contributed by atoms with Crippen LogP contribution in [0.3, 0.4) is 0 Å². The van der Waals surface area contributed by atoms with Gasteiger partial charge in [-0.15, -0.1) is 0 Å². The molecule has 0 fully saturated rings. The van der Waals surface area contributed by atoms with Gasteiger partial charge in [-0.25, -0.2) is 9.18 Å². The van der Waals surface area contributed by atoms with Crippen molar-refractivity contribution in [2.45, 2.75) is 0 Å². The van der Waals surface area contributed by atoms with E-state index in [4.69, 9.17) is 14.2 Å². The van der Waals surface area contributed by atoms with Crippen molar-refractivity contribution in [2.24, 2.45) is 0 Å². The van der Waals surface area contributed by atoms with E-state index in [-0.39, 0.29) is 18.8 Å². The highest BCUT2D eigenvalue weighted by Gasteiger charge is 2.13. The summed E-state index contributed by atoms with van der Waals surface area (Å²) >= 11 is 3.33. The Morgan fingerprint density at radius 2 is 1.95 bits per heavy atom. The molecule has 2 aromatic rings. The first kappa shape index (κ1) is 16.3. The Kier molecular flexibility index (Phi) is 5.77. The summed E-state index contributed by atoms with van der Waals surface area (Å²) in [6, 6.07) is 11.2. The third-order valence-corrected chi connectivity index (χ3v) is 3.27. The fourth-order valence-corrected chi connectivity index (χ4v) is 2.09. The van der Waals surface area contributed by atoms with Crippen molar-refractivity contribution < 1.29 is 23.4 Å². The lowest BCUT2D eigenvalue weighted by atomic mass is 10.2. The number of benzene rings is 2. The van der Waals surface area contributed by atoms with Crippen molar-refractivity contribution in [3.8, 4) is 11.5 Å². The standard InChI is InChI=1S/C16H14BrFO4/c1-20-12-5-6-14(15(18)10-12)16(19)22-8-7-21-13-4-2-3-11(17)9-13/h2-6,9-10H,7-8H2,1H3. The molecular formula is C16H14BrFO4. The quantitative estimate of drug-likeness (QED) is 0.574. The zero-order valence-corrected chi connectivity index (χ0v) is 13.4. The minimum atomic E-state index is -0.738. The van der Waals surface area contributed by atoms with E-state index in [1.807, 2.05) is 12.1 Å². The summed E-state index contributed by atoms with van der Waals surface area (Å²) in [6.45, 7) is 0.205. The van der Waals surface area contributed by atoms with Crippen LogP contribution in [0.1, 0.15) is 10.4 Å². The summed E-state index contributed by atoms with van der Waals surface area (Å²) in [7, 11) is 1.42.